The van der Waals surface area contributed by atoms with Gasteiger partial charge >= 0.3 is 0 Å². The second-order valence-electron chi connectivity index (χ2n) is 4.72. The van der Waals surface area contributed by atoms with E-state index in [0.29, 0.717) is 5.92 Å². The van der Waals surface area contributed by atoms with Gasteiger partial charge in [0.1, 0.15) is 0 Å². The molecule has 1 aromatic rings. The van der Waals surface area contributed by atoms with Gasteiger partial charge in [-0.15, -0.1) is 0 Å². The lowest BCUT2D eigenvalue weighted by molar-refractivity contribution is 0.0950. The van der Waals surface area contributed by atoms with Gasteiger partial charge in [0.15, 0.2) is 5.78 Å². The second kappa shape index (κ2) is 5.28. The first-order valence-electron chi connectivity index (χ1n) is 6.35. The van der Waals surface area contributed by atoms with E-state index in [1.807, 2.05) is 17.8 Å². The first kappa shape index (κ1) is 11.4. The van der Waals surface area contributed by atoms with Gasteiger partial charge in [0, 0.05) is 19.2 Å². The van der Waals surface area contributed by atoms with Crippen molar-refractivity contribution in [2.45, 2.75) is 52.0 Å². The molecule has 2 rings (SSSR count). The Morgan fingerprint density at radius 1 is 1.44 bits per heavy atom. The second-order valence-corrected chi connectivity index (χ2v) is 4.72. The Morgan fingerprint density at radius 3 is 2.81 bits per heavy atom. The van der Waals surface area contributed by atoms with Crippen LogP contribution in [0.4, 0.5) is 0 Å². The molecule has 1 aliphatic carbocycles. The predicted molar refractivity (Wildman–Crippen MR) is 63.4 cm³/mol. The molecule has 0 aromatic carbocycles. The SMILES string of the molecule is CCn1cc(C(=O)CC2CCCCC2)cn1. The van der Waals surface area contributed by atoms with Crippen LogP contribution < -0.4 is 0 Å². The molecular weight excluding hydrogens is 200 g/mol. The number of aryl methyl sites for hydroxylation is 1. The molecule has 0 spiro atoms. The third-order valence-electron chi connectivity index (χ3n) is 3.48. The Labute approximate surface area is 96.8 Å². The molecule has 1 saturated carbocycles. The Bertz CT molecular complexity index is 351. The minimum absolute atomic E-state index is 0.270. The lowest BCUT2D eigenvalue weighted by atomic mass is 9.85. The summed E-state index contributed by atoms with van der Waals surface area (Å²) in [6, 6.07) is 0. The Balaban J connectivity index is 1.91. The number of ketones is 1. The molecule has 0 saturated heterocycles. The van der Waals surface area contributed by atoms with Crippen LogP contribution in [-0.4, -0.2) is 15.6 Å². The van der Waals surface area contributed by atoms with Gasteiger partial charge in [-0.25, -0.2) is 0 Å². The summed E-state index contributed by atoms with van der Waals surface area (Å²) in [4.78, 5) is 12.0. The number of aromatic nitrogens is 2. The van der Waals surface area contributed by atoms with Crippen molar-refractivity contribution in [2.75, 3.05) is 0 Å². The van der Waals surface area contributed by atoms with Crippen LogP contribution in [0.1, 0.15) is 55.8 Å². The molecule has 0 N–H and O–H groups in total. The number of carbonyl (C=O) groups is 1. The highest BCUT2D eigenvalue weighted by Crippen LogP contribution is 2.27. The Kier molecular flexibility index (Phi) is 3.75. The van der Waals surface area contributed by atoms with Crippen molar-refractivity contribution < 1.29 is 4.79 Å². The van der Waals surface area contributed by atoms with E-state index in [1.54, 1.807) is 6.20 Å². The highest BCUT2D eigenvalue weighted by molar-refractivity contribution is 5.95. The van der Waals surface area contributed by atoms with E-state index >= 15 is 0 Å². The fourth-order valence-electron chi connectivity index (χ4n) is 2.45. The van der Waals surface area contributed by atoms with E-state index in [0.717, 1.165) is 18.5 Å². The molecule has 1 aromatic heterocycles. The van der Waals surface area contributed by atoms with Gasteiger partial charge in [0.2, 0.25) is 0 Å². The van der Waals surface area contributed by atoms with Gasteiger partial charge in [0.25, 0.3) is 0 Å². The Morgan fingerprint density at radius 2 is 2.19 bits per heavy atom. The number of hydrogen-bond donors (Lipinski definition) is 0. The zero-order chi connectivity index (χ0) is 11.4. The average molecular weight is 220 g/mol. The van der Waals surface area contributed by atoms with Crippen LogP contribution in [0.25, 0.3) is 0 Å². The number of nitrogens with zero attached hydrogens (tertiary/aromatic N) is 2. The molecule has 1 aliphatic rings. The maximum absolute atomic E-state index is 12.0. The molecular formula is C13H20N2O. The summed E-state index contributed by atoms with van der Waals surface area (Å²) in [5.41, 5.74) is 0.785. The molecule has 0 unspecified atom stereocenters. The van der Waals surface area contributed by atoms with Crippen LogP contribution in [0, 0.1) is 5.92 Å². The molecule has 1 heterocycles. The maximum atomic E-state index is 12.0. The van der Waals surface area contributed by atoms with Gasteiger partial charge in [-0.1, -0.05) is 32.1 Å². The molecule has 0 radical (unpaired) electrons. The fourth-order valence-corrected chi connectivity index (χ4v) is 2.45. The normalized spacial score (nSPS) is 17.6. The van der Waals surface area contributed by atoms with Crippen LogP contribution in [-0.2, 0) is 6.54 Å². The number of rotatable bonds is 4. The van der Waals surface area contributed by atoms with Crippen LogP contribution in [0.2, 0.25) is 0 Å². The summed E-state index contributed by atoms with van der Waals surface area (Å²) in [5, 5.41) is 4.14. The largest absolute Gasteiger partial charge is 0.294 e. The van der Waals surface area contributed by atoms with Crippen LogP contribution >= 0.6 is 0 Å². The lowest BCUT2D eigenvalue weighted by Crippen LogP contribution is -2.11. The van der Waals surface area contributed by atoms with E-state index in [1.165, 1.54) is 32.1 Å². The smallest absolute Gasteiger partial charge is 0.166 e. The minimum atomic E-state index is 0.270. The molecule has 88 valence electrons. The molecule has 0 bridgehead atoms. The van der Waals surface area contributed by atoms with Crippen LogP contribution in [0.5, 0.6) is 0 Å². The van der Waals surface area contributed by atoms with Crippen molar-refractivity contribution >= 4 is 5.78 Å². The summed E-state index contributed by atoms with van der Waals surface area (Å²) in [5.74, 6) is 0.887. The standard InChI is InChI=1S/C13H20N2O/c1-2-15-10-12(9-14-15)13(16)8-11-6-4-3-5-7-11/h9-11H,2-8H2,1H3. The number of Topliss-reactive ketones (excluding diaryl/α,β-unsaturated/α-hetero) is 1. The van der Waals surface area contributed by atoms with Crippen molar-refractivity contribution in [1.82, 2.24) is 9.78 Å². The highest BCUT2D eigenvalue weighted by atomic mass is 16.1. The zero-order valence-corrected chi connectivity index (χ0v) is 9.98. The van der Waals surface area contributed by atoms with Crippen molar-refractivity contribution in [2.24, 2.45) is 5.92 Å². The van der Waals surface area contributed by atoms with Gasteiger partial charge in [-0.3, -0.25) is 9.48 Å². The molecule has 16 heavy (non-hydrogen) atoms. The third kappa shape index (κ3) is 2.71. The lowest BCUT2D eigenvalue weighted by Gasteiger charge is -2.20. The van der Waals surface area contributed by atoms with Gasteiger partial charge in [0.05, 0.1) is 11.8 Å². The highest BCUT2D eigenvalue weighted by Gasteiger charge is 2.18. The molecule has 0 aliphatic heterocycles. The van der Waals surface area contributed by atoms with E-state index in [2.05, 4.69) is 5.10 Å². The van der Waals surface area contributed by atoms with Crippen molar-refractivity contribution in [1.29, 1.82) is 0 Å². The summed E-state index contributed by atoms with van der Waals surface area (Å²) in [7, 11) is 0. The molecule has 3 heteroatoms. The summed E-state index contributed by atoms with van der Waals surface area (Å²) in [6.07, 6.45) is 10.7. The minimum Gasteiger partial charge on any atom is -0.294 e. The third-order valence-corrected chi connectivity index (χ3v) is 3.48. The van der Waals surface area contributed by atoms with Crippen molar-refractivity contribution in [3.05, 3.63) is 18.0 Å². The first-order chi connectivity index (χ1) is 7.79. The van der Waals surface area contributed by atoms with E-state index < -0.39 is 0 Å². The fraction of sp³-hybridized carbons (Fsp3) is 0.692. The summed E-state index contributed by atoms with van der Waals surface area (Å²) >= 11 is 0. The van der Waals surface area contributed by atoms with Gasteiger partial charge in [-0.05, 0) is 12.8 Å². The van der Waals surface area contributed by atoms with Gasteiger partial charge in [-0.2, -0.15) is 5.10 Å². The number of carbonyl (C=O) groups excluding carboxylic acids is 1. The average Bonchev–Trinajstić information content (AvgIpc) is 2.79. The number of hydrogen-bond acceptors (Lipinski definition) is 2. The Hall–Kier alpha value is -1.12. The monoisotopic (exact) mass is 220 g/mol. The van der Waals surface area contributed by atoms with Crippen molar-refractivity contribution in [3.8, 4) is 0 Å². The zero-order valence-electron chi connectivity index (χ0n) is 9.98. The van der Waals surface area contributed by atoms with E-state index in [4.69, 9.17) is 0 Å². The van der Waals surface area contributed by atoms with E-state index in [-0.39, 0.29) is 5.78 Å². The van der Waals surface area contributed by atoms with Crippen molar-refractivity contribution in [3.63, 3.8) is 0 Å². The summed E-state index contributed by atoms with van der Waals surface area (Å²) in [6.45, 7) is 2.86. The van der Waals surface area contributed by atoms with Crippen LogP contribution in [0.3, 0.4) is 0 Å². The quantitative estimate of drug-likeness (QED) is 0.731. The maximum Gasteiger partial charge on any atom is 0.166 e. The predicted octanol–water partition coefficient (Wildman–Crippen LogP) is 3.06. The topological polar surface area (TPSA) is 34.9 Å². The van der Waals surface area contributed by atoms with Gasteiger partial charge < -0.3 is 0 Å². The van der Waals surface area contributed by atoms with E-state index in [9.17, 15) is 4.79 Å². The molecule has 1 fully saturated rings. The molecule has 0 atom stereocenters. The first-order valence-corrected chi connectivity index (χ1v) is 6.35. The summed E-state index contributed by atoms with van der Waals surface area (Å²) < 4.78 is 1.81. The molecule has 3 nitrogen and oxygen atoms in total. The molecule has 0 amide bonds. The van der Waals surface area contributed by atoms with Crippen LogP contribution in [0.15, 0.2) is 12.4 Å².